The molecule has 0 radical (unpaired) electrons. The van der Waals surface area contributed by atoms with Gasteiger partial charge in [0.05, 0.1) is 24.6 Å². The molecule has 0 unspecified atom stereocenters. The zero-order valence-corrected chi connectivity index (χ0v) is 25.8. The summed E-state index contributed by atoms with van der Waals surface area (Å²) in [5.74, 6) is 0.0789. The lowest BCUT2D eigenvalue weighted by Crippen LogP contribution is -2.32. The molecule has 43 heavy (non-hydrogen) atoms. The van der Waals surface area contributed by atoms with Crippen molar-refractivity contribution in [2.24, 2.45) is 5.10 Å². The Balaban J connectivity index is 1.47. The monoisotopic (exact) mass is 584 g/mol. The molecule has 228 valence electrons. The van der Waals surface area contributed by atoms with Crippen LogP contribution in [0.1, 0.15) is 58.5 Å². The van der Waals surface area contributed by atoms with Crippen LogP contribution < -0.4 is 20.4 Å². The summed E-state index contributed by atoms with van der Waals surface area (Å²) in [7, 11) is 3.71. The summed E-state index contributed by atoms with van der Waals surface area (Å²) in [6, 6.07) is 20.6. The van der Waals surface area contributed by atoms with Crippen LogP contribution in [0, 0.1) is 0 Å². The van der Waals surface area contributed by atoms with Crippen LogP contribution in [0.25, 0.3) is 0 Å². The Morgan fingerprint density at radius 3 is 2.40 bits per heavy atom. The van der Waals surface area contributed by atoms with Crippen molar-refractivity contribution in [1.82, 2.24) is 15.2 Å². The highest BCUT2D eigenvalue weighted by atomic mass is 16.5. The number of carbonyl (C=O) groups excluding carboxylic acids is 2. The number of likely N-dealkylation sites (N-methyl/N-ethyl adjacent to an activating group) is 2. The van der Waals surface area contributed by atoms with Gasteiger partial charge in [0.15, 0.2) is 0 Å². The largest absolute Gasteiger partial charge is 0.497 e. The van der Waals surface area contributed by atoms with E-state index in [1.54, 1.807) is 25.5 Å². The first-order valence-corrected chi connectivity index (χ1v) is 15.1. The second-order valence-corrected chi connectivity index (χ2v) is 10.8. The summed E-state index contributed by atoms with van der Waals surface area (Å²) < 4.78 is 5.19. The van der Waals surface area contributed by atoms with Crippen molar-refractivity contribution < 1.29 is 14.3 Å². The van der Waals surface area contributed by atoms with Crippen LogP contribution in [-0.4, -0.2) is 81.3 Å². The maximum Gasteiger partial charge on any atom is 0.273 e. The Bertz CT molecular complexity index is 1380. The number of nitrogens with zero attached hydrogens (tertiary/aromatic N) is 4. The SMILES string of the molecule is CCN(CC)CCN(C)Cc1cccc(C(=O)Nc2ccc(N3CCCC3)cc2C(=O)NN=Cc2ccc(OC)cc2)c1. The van der Waals surface area contributed by atoms with Crippen LogP contribution in [0.2, 0.25) is 0 Å². The molecule has 0 bridgehead atoms. The third-order valence-electron chi connectivity index (χ3n) is 7.80. The first-order chi connectivity index (χ1) is 20.9. The number of nitrogens with one attached hydrogen (secondary N) is 2. The fourth-order valence-corrected chi connectivity index (χ4v) is 5.16. The molecule has 1 heterocycles. The Kier molecular flexibility index (Phi) is 11.7. The smallest absolute Gasteiger partial charge is 0.273 e. The van der Waals surface area contributed by atoms with Gasteiger partial charge in [0.2, 0.25) is 0 Å². The van der Waals surface area contributed by atoms with Crippen LogP contribution in [0.5, 0.6) is 5.75 Å². The first kappa shape index (κ1) is 31.7. The standard InChI is InChI=1S/C34H44N6O3/c1-5-39(6-2)21-20-38(3)25-27-10-9-11-28(22-27)33(41)36-32-17-14-29(40-18-7-8-19-40)23-31(32)34(42)37-35-24-26-12-15-30(43-4)16-13-26/h9-17,22-24H,5-8,18-21,25H2,1-4H3,(H,36,41)(H,37,42). The van der Waals surface area contributed by atoms with E-state index < -0.39 is 5.91 Å². The van der Waals surface area contributed by atoms with E-state index in [9.17, 15) is 9.59 Å². The maximum atomic E-state index is 13.4. The van der Waals surface area contributed by atoms with E-state index >= 15 is 0 Å². The van der Waals surface area contributed by atoms with Gasteiger partial charge in [0.25, 0.3) is 11.8 Å². The lowest BCUT2D eigenvalue weighted by atomic mass is 10.1. The molecule has 1 aliphatic heterocycles. The van der Waals surface area contributed by atoms with Gasteiger partial charge in [-0.05, 0) is 98.7 Å². The van der Waals surface area contributed by atoms with Crippen molar-refractivity contribution >= 4 is 29.4 Å². The van der Waals surface area contributed by atoms with E-state index in [1.807, 2.05) is 54.6 Å². The predicted molar refractivity (Wildman–Crippen MR) is 174 cm³/mol. The number of amides is 2. The number of hydrazone groups is 1. The molecule has 0 atom stereocenters. The van der Waals surface area contributed by atoms with E-state index in [0.717, 1.165) is 81.2 Å². The van der Waals surface area contributed by atoms with Crippen molar-refractivity contribution in [2.45, 2.75) is 33.2 Å². The van der Waals surface area contributed by atoms with Gasteiger partial charge >= 0.3 is 0 Å². The van der Waals surface area contributed by atoms with Gasteiger partial charge in [0, 0.05) is 44.0 Å². The summed E-state index contributed by atoms with van der Waals surface area (Å²) in [5.41, 5.74) is 6.80. The van der Waals surface area contributed by atoms with Crippen molar-refractivity contribution in [3.8, 4) is 5.75 Å². The maximum absolute atomic E-state index is 13.4. The lowest BCUT2D eigenvalue weighted by Gasteiger charge is -2.23. The number of ether oxygens (including phenoxy) is 1. The number of methoxy groups -OCH3 is 1. The molecule has 1 fully saturated rings. The summed E-state index contributed by atoms with van der Waals surface area (Å²) in [6.07, 6.45) is 3.81. The minimum Gasteiger partial charge on any atom is -0.497 e. The van der Waals surface area contributed by atoms with Gasteiger partial charge in [-0.2, -0.15) is 5.10 Å². The molecule has 9 heteroatoms. The molecule has 2 N–H and O–H groups in total. The number of hydrogen-bond donors (Lipinski definition) is 2. The molecule has 3 aromatic carbocycles. The van der Waals surface area contributed by atoms with Crippen LogP contribution in [0.3, 0.4) is 0 Å². The summed E-state index contributed by atoms with van der Waals surface area (Å²) >= 11 is 0. The highest BCUT2D eigenvalue weighted by Gasteiger charge is 2.19. The van der Waals surface area contributed by atoms with Crippen molar-refractivity contribution in [3.63, 3.8) is 0 Å². The van der Waals surface area contributed by atoms with E-state index in [4.69, 9.17) is 4.74 Å². The summed E-state index contributed by atoms with van der Waals surface area (Å²) in [6.45, 7) is 11.0. The molecule has 9 nitrogen and oxygen atoms in total. The van der Waals surface area contributed by atoms with Crippen molar-refractivity contribution in [3.05, 3.63) is 89.0 Å². The van der Waals surface area contributed by atoms with E-state index in [2.05, 4.69) is 51.4 Å². The average molecular weight is 585 g/mol. The zero-order valence-electron chi connectivity index (χ0n) is 25.8. The number of rotatable bonds is 14. The number of benzene rings is 3. The molecular weight excluding hydrogens is 540 g/mol. The highest BCUT2D eigenvalue weighted by Crippen LogP contribution is 2.27. The average Bonchev–Trinajstić information content (AvgIpc) is 3.57. The van der Waals surface area contributed by atoms with Crippen LogP contribution in [-0.2, 0) is 6.54 Å². The molecule has 0 aliphatic carbocycles. The van der Waals surface area contributed by atoms with Gasteiger partial charge < -0.3 is 24.8 Å². The summed E-state index contributed by atoms with van der Waals surface area (Å²) in [5, 5.41) is 7.13. The molecule has 1 aliphatic rings. The highest BCUT2D eigenvalue weighted by molar-refractivity contribution is 6.09. The predicted octanol–water partition coefficient (Wildman–Crippen LogP) is 5.09. The molecular formula is C34H44N6O3. The van der Waals surface area contributed by atoms with Crippen LogP contribution in [0.4, 0.5) is 11.4 Å². The topological polar surface area (TPSA) is 89.5 Å². The second-order valence-electron chi connectivity index (χ2n) is 10.8. The number of carbonyl (C=O) groups is 2. The molecule has 4 rings (SSSR count). The van der Waals surface area contributed by atoms with Crippen molar-refractivity contribution in [2.75, 3.05) is 63.6 Å². The quantitative estimate of drug-likeness (QED) is 0.203. The van der Waals surface area contributed by atoms with Gasteiger partial charge in [0.1, 0.15) is 5.75 Å². The third kappa shape index (κ3) is 9.14. The molecule has 2 amide bonds. The van der Waals surface area contributed by atoms with Crippen LogP contribution in [0.15, 0.2) is 71.8 Å². The normalized spacial score (nSPS) is 13.2. The second kappa shape index (κ2) is 15.9. The minimum atomic E-state index is -0.398. The fourth-order valence-electron chi connectivity index (χ4n) is 5.16. The van der Waals surface area contributed by atoms with Gasteiger partial charge in [-0.25, -0.2) is 5.43 Å². The van der Waals surface area contributed by atoms with E-state index in [0.29, 0.717) is 16.8 Å². The van der Waals surface area contributed by atoms with Crippen LogP contribution >= 0.6 is 0 Å². The molecule has 0 saturated carbocycles. The van der Waals surface area contributed by atoms with Gasteiger partial charge in [-0.1, -0.05) is 26.0 Å². The minimum absolute atomic E-state index is 0.266. The van der Waals surface area contributed by atoms with Crippen molar-refractivity contribution in [1.29, 1.82) is 0 Å². The zero-order chi connectivity index (χ0) is 30.6. The Morgan fingerprint density at radius 1 is 0.953 bits per heavy atom. The molecule has 0 spiro atoms. The molecule has 3 aromatic rings. The Hall–Kier alpha value is -4.21. The molecule has 1 saturated heterocycles. The Labute approximate surface area is 255 Å². The summed E-state index contributed by atoms with van der Waals surface area (Å²) in [4.78, 5) is 33.7. The van der Waals surface area contributed by atoms with E-state index in [-0.39, 0.29) is 5.91 Å². The third-order valence-corrected chi connectivity index (χ3v) is 7.80. The Morgan fingerprint density at radius 2 is 1.70 bits per heavy atom. The molecule has 0 aromatic heterocycles. The van der Waals surface area contributed by atoms with E-state index in [1.165, 1.54) is 0 Å². The first-order valence-electron chi connectivity index (χ1n) is 15.1. The lowest BCUT2D eigenvalue weighted by molar-refractivity contribution is 0.0956. The number of hydrogen-bond acceptors (Lipinski definition) is 7. The number of anilines is 2. The van der Waals surface area contributed by atoms with Gasteiger partial charge in [-0.3, -0.25) is 9.59 Å². The fraction of sp³-hybridized carbons (Fsp3) is 0.382. The van der Waals surface area contributed by atoms with Gasteiger partial charge in [-0.15, -0.1) is 0 Å².